The average Bonchev–Trinajstić information content (AvgIpc) is 2.44. The zero-order valence-corrected chi connectivity index (χ0v) is 11.8. The van der Waals surface area contributed by atoms with E-state index >= 15 is 0 Å². The Morgan fingerprint density at radius 1 is 1.53 bits per heavy atom. The molecule has 4 nitrogen and oxygen atoms in total. The van der Waals surface area contributed by atoms with Crippen LogP contribution in [0.3, 0.4) is 0 Å². The van der Waals surface area contributed by atoms with Gasteiger partial charge in [-0.1, -0.05) is 13.0 Å². The lowest BCUT2D eigenvalue weighted by Crippen LogP contribution is -2.47. The monoisotopic (exact) mass is 261 g/mol. The highest BCUT2D eigenvalue weighted by atomic mass is 16.2. The summed E-state index contributed by atoms with van der Waals surface area (Å²) in [6.07, 6.45) is 3.01. The fraction of sp³-hybridized carbons (Fsp3) is 0.533. The summed E-state index contributed by atoms with van der Waals surface area (Å²) in [6, 6.07) is 5.81. The van der Waals surface area contributed by atoms with E-state index in [4.69, 9.17) is 5.73 Å². The molecule has 1 amide bonds. The molecule has 1 aromatic carbocycles. The third kappa shape index (κ3) is 2.83. The summed E-state index contributed by atoms with van der Waals surface area (Å²) < 4.78 is 0. The number of benzene rings is 1. The van der Waals surface area contributed by atoms with Gasteiger partial charge in [-0.25, -0.2) is 0 Å². The second-order valence-electron chi connectivity index (χ2n) is 5.11. The normalized spacial score (nSPS) is 15.8. The minimum atomic E-state index is -0.146. The molecule has 0 aromatic heterocycles. The molecule has 2 rings (SSSR count). The molecular weight excluding hydrogens is 238 g/mol. The first kappa shape index (κ1) is 13.7. The zero-order valence-electron chi connectivity index (χ0n) is 11.8. The van der Waals surface area contributed by atoms with Crippen LogP contribution in [0.2, 0.25) is 0 Å². The van der Waals surface area contributed by atoms with Gasteiger partial charge >= 0.3 is 0 Å². The van der Waals surface area contributed by atoms with Crippen LogP contribution in [0.4, 0.5) is 11.4 Å². The molecule has 1 aromatic rings. The lowest BCUT2D eigenvalue weighted by molar-refractivity contribution is -0.122. The van der Waals surface area contributed by atoms with E-state index in [1.165, 1.54) is 5.56 Å². The molecule has 0 spiro atoms. The number of hydrogen-bond donors (Lipinski definition) is 2. The van der Waals surface area contributed by atoms with Crippen molar-refractivity contribution >= 4 is 17.3 Å². The van der Waals surface area contributed by atoms with Crippen LogP contribution >= 0.6 is 0 Å². The first-order valence-electron chi connectivity index (χ1n) is 7.07. The van der Waals surface area contributed by atoms with Crippen molar-refractivity contribution in [2.45, 2.75) is 39.2 Å². The third-order valence-electron chi connectivity index (χ3n) is 3.72. The standard InChI is InChI=1S/C15H23N3O/c1-3-9-17-15(19)11(2)18-10-5-6-12-13(16)7-4-8-14(12)18/h4,7-8,11H,3,5-6,9-10,16H2,1-2H3,(H,17,19). The van der Waals surface area contributed by atoms with E-state index in [9.17, 15) is 4.79 Å². The number of nitrogens with zero attached hydrogens (tertiary/aromatic N) is 1. The Bertz CT molecular complexity index is 459. The number of nitrogen functional groups attached to an aromatic ring is 1. The van der Waals surface area contributed by atoms with Gasteiger partial charge in [-0.3, -0.25) is 4.79 Å². The Hall–Kier alpha value is -1.71. The Morgan fingerprint density at radius 2 is 2.32 bits per heavy atom. The minimum Gasteiger partial charge on any atom is -0.398 e. The fourth-order valence-corrected chi connectivity index (χ4v) is 2.62. The molecule has 1 atom stereocenters. The van der Waals surface area contributed by atoms with Gasteiger partial charge in [-0.15, -0.1) is 0 Å². The van der Waals surface area contributed by atoms with E-state index in [1.807, 2.05) is 19.1 Å². The Kier molecular flexibility index (Phi) is 4.30. The van der Waals surface area contributed by atoms with E-state index in [2.05, 4.69) is 23.2 Å². The van der Waals surface area contributed by atoms with Crippen molar-refractivity contribution in [1.29, 1.82) is 0 Å². The largest absolute Gasteiger partial charge is 0.398 e. The summed E-state index contributed by atoms with van der Waals surface area (Å²) in [5.41, 5.74) is 9.17. The number of rotatable bonds is 4. The summed E-state index contributed by atoms with van der Waals surface area (Å²) in [4.78, 5) is 14.3. The van der Waals surface area contributed by atoms with Gasteiger partial charge in [0.15, 0.2) is 0 Å². The average molecular weight is 261 g/mol. The van der Waals surface area contributed by atoms with Crippen LogP contribution in [-0.4, -0.2) is 25.0 Å². The molecule has 0 aliphatic carbocycles. The maximum absolute atomic E-state index is 12.1. The van der Waals surface area contributed by atoms with Gasteiger partial charge in [0.05, 0.1) is 0 Å². The summed E-state index contributed by atoms with van der Waals surface area (Å²) >= 11 is 0. The lowest BCUT2D eigenvalue weighted by atomic mass is 9.98. The molecule has 1 heterocycles. The van der Waals surface area contributed by atoms with Crippen LogP contribution in [0.25, 0.3) is 0 Å². The molecule has 1 aliphatic rings. The first-order valence-corrected chi connectivity index (χ1v) is 7.07. The SMILES string of the molecule is CCCNC(=O)C(C)N1CCCc2c(N)cccc21. The van der Waals surface area contributed by atoms with Crippen LogP contribution in [0.5, 0.6) is 0 Å². The second-order valence-corrected chi connectivity index (χ2v) is 5.11. The van der Waals surface area contributed by atoms with Crippen molar-refractivity contribution in [3.63, 3.8) is 0 Å². The summed E-state index contributed by atoms with van der Waals surface area (Å²) in [5, 5.41) is 2.96. The maximum Gasteiger partial charge on any atom is 0.242 e. The Morgan fingerprint density at radius 3 is 3.05 bits per heavy atom. The van der Waals surface area contributed by atoms with E-state index in [-0.39, 0.29) is 11.9 Å². The summed E-state index contributed by atoms with van der Waals surface area (Å²) in [5.74, 6) is 0.0946. The molecule has 4 heteroatoms. The van der Waals surface area contributed by atoms with Gasteiger partial charge in [0.25, 0.3) is 0 Å². The van der Waals surface area contributed by atoms with Gasteiger partial charge in [0.1, 0.15) is 6.04 Å². The molecule has 0 saturated heterocycles. The van der Waals surface area contributed by atoms with Crippen molar-refractivity contribution in [3.05, 3.63) is 23.8 Å². The molecule has 0 radical (unpaired) electrons. The van der Waals surface area contributed by atoms with Crippen molar-refractivity contribution in [3.8, 4) is 0 Å². The molecule has 19 heavy (non-hydrogen) atoms. The van der Waals surface area contributed by atoms with Crippen LogP contribution in [0.15, 0.2) is 18.2 Å². The van der Waals surface area contributed by atoms with Crippen molar-refractivity contribution in [2.24, 2.45) is 0 Å². The number of nitrogens with two attached hydrogens (primary N) is 1. The third-order valence-corrected chi connectivity index (χ3v) is 3.72. The van der Waals surface area contributed by atoms with Gasteiger partial charge in [0.2, 0.25) is 5.91 Å². The molecule has 0 fully saturated rings. The molecule has 1 aliphatic heterocycles. The predicted molar refractivity (Wildman–Crippen MR) is 79.3 cm³/mol. The summed E-state index contributed by atoms with van der Waals surface area (Å²) in [6.45, 7) is 5.67. The molecule has 1 unspecified atom stereocenters. The molecule has 0 bridgehead atoms. The zero-order chi connectivity index (χ0) is 13.8. The van der Waals surface area contributed by atoms with Gasteiger partial charge < -0.3 is 16.0 Å². The maximum atomic E-state index is 12.1. The van der Waals surface area contributed by atoms with Crippen LogP contribution in [-0.2, 0) is 11.2 Å². The number of fused-ring (bicyclic) bond motifs is 1. The molecule has 0 saturated carbocycles. The number of carbonyl (C=O) groups is 1. The van der Waals surface area contributed by atoms with Crippen molar-refractivity contribution < 1.29 is 4.79 Å². The number of amides is 1. The quantitative estimate of drug-likeness (QED) is 0.814. The van der Waals surface area contributed by atoms with Crippen LogP contribution < -0.4 is 16.0 Å². The van der Waals surface area contributed by atoms with Crippen LogP contribution in [0, 0.1) is 0 Å². The molecule has 3 N–H and O–H groups in total. The lowest BCUT2D eigenvalue weighted by Gasteiger charge is -2.36. The number of nitrogens with one attached hydrogen (secondary N) is 1. The molecule has 104 valence electrons. The van der Waals surface area contributed by atoms with Crippen molar-refractivity contribution in [2.75, 3.05) is 23.7 Å². The smallest absolute Gasteiger partial charge is 0.242 e. The molecular formula is C15H23N3O. The van der Waals surface area contributed by atoms with E-state index in [0.29, 0.717) is 0 Å². The number of carbonyl (C=O) groups excluding carboxylic acids is 1. The highest BCUT2D eigenvalue weighted by Gasteiger charge is 2.26. The van der Waals surface area contributed by atoms with Gasteiger partial charge in [0, 0.05) is 24.5 Å². The first-order chi connectivity index (χ1) is 9.15. The van der Waals surface area contributed by atoms with Crippen LogP contribution in [0.1, 0.15) is 32.3 Å². The van der Waals surface area contributed by atoms with E-state index < -0.39 is 0 Å². The highest BCUT2D eigenvalue weighted by Crippen LogP contribution is 2.32. The Labute approximate surface area is 115 Å². The topological polar surface area (TPSA) is 58.4 Å². The summed E-state index contributed by atoms with van der Waals surface area (Å²) in [7, 11) is 0. The second kappa shape index (κ2) is 5.95. The predicted octanol–water partition coefficient (Wildman–Crippen LogP) is 1.94. The van der Waals surface area contributed by atoms with Gasteiger partial charge in [-0.05, 0) is 43.9 Å². The Balaban J connectivity index is 2.19. The fourth-order valence-electron chi connectivity index (χ4n) is 2.62. The van der Waals surface area contributed by atoms with E-state index in [1.54, 1.807) is 0 Å². The van der Waals surface area contributed by atoms with E-state index in [0.717, 1.165) is 43.7 Å². The minimum absolute atomic E-state index is 0.0946. The van der Waals surface area contributed by atoms with Gasteiger partial charge in [-0.2, -0.15) is 0 Å². The highest BCUT2D eigenvalue weighted by molar-refractivity contribution is 5.85. The van der Waals surface area contributed by atoms with Crippen molar-refractivity contribution in [1.82, 2.24) is 5.32 Å². The number of hydrogen-bond acceptors (Lipinski definition) is 3. The number of anilines is 2.